The van der Waals surface area contributed by atoms with Crippen molar-refractivity contribution in [1.82, 2.24) is 25.1 Å². The number of thioether (sulfide) groups is 1. The molecule has 0 unspecified atom stereocenters. The van der Waals surface area contributed by atoms with Gasteiger partial charge in [0.05, 0.1) is 6.26 Å². The summed E-state index contributed by atoms with van der Waals surface area (Å²) in [5.74, 6) is 1.18. The standard InChI is InChI=1S/C12H17N5O2S/c1-3-17(11(18)10-6-4-8-19-10)7-5-9-20-12-13-14-15-16(12)2/h4,6,8H,3,5,7,9H2,1-2H3. The van der Waals surface area contributed by atoms with Gasteiger partial charge in [0.2, 0.25) is 5.16 Å². The minimum atomic E-state index is -0.0668. The first kappa shape index (κ1) is 14.6. The summed E-state index contributed by atoms with van der Waals surface area (Å²) in [7, 11) is 1.81. The first-order valence-electron chi connectivity index (χ1n) is 6.40. The van der Waals surface area contributed by atoms with Gasteiger partial charge >= 0.3 is 0 Å². The Bertz CT molecular complexity index is 540. The monoisotopic (exact) mass is 295 g/mol. The Morgan fingerprint density at radius 2 is 2.40 bits per heavy atom. The Hall–Kier alpha value is -1.83. The number of rotatable bonds is 7. The van der Waals surface area contributed by atoms with Crippen molar-refractivity contribution in [2.75, 3.05) is 18.8 Å². The highest BCUT2D eigenvalue weighted by Gasteiger charge is 2.16. The molecule has 2 aromatic heterocycles. The van der Waals surface area contributed by atoms with Crippen molar-refractivity contribution in [3.63, 3.8) is 0 Å². The van der Waals surface area contributed by atoms with Crippen molar-refractivity contribution in [3.8, 4) is 0 Å². The summed E-state index contributed by atoms with van der Waals surface area (Å²) in [6, 6.07) is 3.41. The van der Waals surface area contributed by atoms with Crippen LogP contribution in [0.5, 0.6) is 0 Å². The van der Waals surface area contributed by atoms with Gasteiger partial charge in [0.25, 0.3) is 5.91 Å². The van der Waals surface area contributed by atoms with E-state index < -0.39 is 0 Å². The molecule has 0 spiro atoms. The van der Waals surface area contributed by atoms with Gasteiger partial charge < -0.3 is 9.32 Å². The minimum Gasteiger partial charge on any atom is -0.459 e. The van der Waals surface area contributed by atoms with Crippen LogP contribution in [-0.2, 0) is 7.05 Å². The average molecular weight is 295 g/mol. The van der Waals surface area contributed by atoms with Gasteiger partial charge in [0.15, 0.2) is 5.76 Å². The maximum atomic E-state index is 12.1. The molecule has 2 aromatic rings. The van der Waals surface area contributed by atoms with E-state index >= 15 is 0 Å². The molecule has 0 atom stereocenters. The molecule has 0 bridgehead atoms. The molecule has 0 aliphatic carbocycles. The van der Waals surface area contributed by atoms with Crippen LogP contribution in [0.15, 0.2) is 28.0 Å². The van der Waals surface area contributed by atoms with Crippen LogP contribution in [0.1, 0.15) is 23.9 Å². The van der Waals surface area contributed by atoms with Gasteiger partial charge in [0, 0.05) is 25.9 Å². The zero-order valence-electron chi connectivity index (χ0n) is 11.5. The summed E-state index contributed by atoms with van der Waals surface area (Å²) in [5.41, 5.74) is 0. The molecule has 20 heavy (non-hydrogen) atoms. The van der Waals surface area contributed by atoms with E-state index in [4.69, 9.17) is 4.42 Å². The summed E-state index contributed by atoms with van der Waals surface area (Å²) < 4.78 is 6.77. The Morgan fingerprint density at radius 3 is 3.00 bits per heavy atom. The van der Waals surface area contributed by atoms with E-state index in [1.165, 1.54) is 6.26 Å². The summed E-state index contributed by atoms with van der Waals surface area (Å²) in [4.78, 5) is 13.9. The molecule has 0 radical (unpaired) electrons. The maximum absolute atomic E-state index is 12.1. The van der Waals surface area contributed by atoms with E-state index in [1.807, 2.05) is 6.92 Å². The fraction of sp³-hybridized carbons (Fsp3) is 0.500. The van der Waals surface area contributed by atoms with Crippen LogP contribution in [0.4, 0.5) is 0 Å². The summed E-state index contributed by atoms with van der Waals surface area (Å²) >= 11 is 1.58. The Balaban J connectivity index is 1.77. The molecule has 0 aliphatic heterocycles. The first-order valence-corrected chi connectivity index (χ1v) is 7.39. The second-order valence-electron chi connectivity index (χ2n) is 4.15. The first-order chi connectivity index (χ1) is 9.72. The number of hydrogen-bond donors (Lipinski definition) is 0. The molecule has 0 saturated carbocycles. The lowest BCUT2D eigenvalue weighted by molar-refractivity contribution is 0.0733. The van der Waals surface area contributed by atoms with E-state index in [0.717, 1.165) is 17.3 Å². The Labute approximate surface area is 121 Å². The highest BCUT2D eigenvalue weighted by Crippen LogP contribution is 2.14. The van der Waals surface area contributed by atoms with E-state index in [1.54, 1.807) is 40.5 Å². The average Bonchev–Trinajstić information content (AvgIpc) is 3.10. The SMILES string of the molecule is CCN(CCCSc1nnnn1C)C(=O)c1ccco1. The minimum absolute atomic E-state index is 0.0668. The Kier molecular flexibility index (Phi) is 5.16. The van der Waals surface area contributed by atoms with Crippen LogP contribution < -0.4 is 0 Å². The van der Waals surface area contributed by atoms with Gasteiger partial charge in [-0.25, -0.2) is 4.68 Å². The molecule has 8 heteroatoms. The van der Waals surface area contributed by atoms with Crippen LogP contribution in [0, 0.1) is 0 Å². The van der Waals surface area contributed by atoms with E-state index in [-0.39, 0.29) is 5.91 Å². The van der Waals surface area contributed by atoms with Gasteiger partial charge in [-0.05, 0) is 35.9 Å². The van der Waals surface area contributed by atoms with Gasteiger partial charge in [-0.2, -0.15) is 0 Å². The number of tetrazole rings is 1. The van der Waals surface area contributed by atoms with Crippen molar-refractivity contribution >= 4 is 17.7 Å². The number of nitrogens with zero attached hydrogens (tertiary/aromatic N) is 5. The summed E-state index contributed by atoms with van der Waals surface area (Å²) in [6.45, 7) is 3.31. The molecule has 0 aromatic carbocycles. The fourth-order valence-corrected chi connectivity index (χ4v) is 2.50. The number of amides is 1. The number of hydrogen-bond acceptors (Lipinski definition) is 6. The predicted octanol–water partition coefficient (Wildman–Crippen LogP) is 1.45. The number of furan rings is 1. The highest BCUT2D eigenvalue weighted by atomic mass is 32.2. The molecule has 0 fully saturated rings. The highest BCUT2D eigenvalue weighted by molar-refractivity contribution is 7.99. The molecule has 0 N–H and O–H groups in total. The van der Waals surface area contributed by atoms with E-state index in [0.29, 0.717) is 18.8 Å². The Morgan fingerprint density at radius 1 is 1.55 bits per heavy atom. The lowest BCUT2D eigenvalue weighted by Gasteiger charge is -2.19. The van der Waals surface area contributed by atoms with Gasteiger partial charge in [-0.15, -0.1) is 5.10 Å². The number of aryl methyl sites for hydroxylation is 1. The van der Waals surface area contributed by atoms with E-state index in [9.17, 15) is 4.79 Å². The topological polar surface area (TPSA) is 77.1 Å². The van der Waals surface area contributed by atoms with Crippen LogP contribution in [-0.4, -0.2) is 49.9 Å². The number of carbonyl (C=O) groups is 1. The molecule has 1 amide bonds. The largest absolute Gasteiger partial charge is 0.459 e. The molecule has 7 nitrogen and oxygen atoms in total. The normalized spacial score (nSPS) is 10.7. The van der Waals surface area contributed by atoms with Gasteiger partial charge in [-0.1, -0.05) is 11.8 Å². The van der Waals surface area contributed by atoms with Crippen LogP contribution >= 0.6 is 11.8 Å². The zero-order chi connectivity index (χ0) is 14.4. The molecular weight excluding hydrogens is 278 g/mol. The molecule has 2 heterocycles. The smallest absolute Gasteiger partial charge is 0.289 e. The second-order valence-corrected chi connectivity index (χ2v) is 5.21. The third-order valence-corrected chi connectivity index (χ3v) is 3.88. The fourth-order valence-electron chi connectivity index (χ4n) is 1.72. The molecule has 108 valence electrons. The number of aromatic nitrogens is 4. The third-order valence-electron chi connectivity index (χ3n) is 2.79. The van der Waals surface area contributed by atoms with Crippen molar-refractivity contribution in [2.24, 2.45) is 7.05 Å². The summed E-state index contributed by atoms with van der Waals surface area (Å²) in [5, 5.41) is 12.0. The predicted molar refractivity (Wildman–Crippen MR) is 74.4 cm³/mol. The molecule has 0 saturated heterocycles. The quantitative estimate of drug-likeness (QED) is 0.568. The molecule has 0 aliphatic rings. The van der Waals surface area contributed by atoms with Gasteiger partial charge in [-0.3, -0.25) is 4.79 Å². The van der Waals surface area contributed by atoms with Crippen molar-refractivity contribution in [2.45, 2.75) is 18.5 Å². The number of carbonyl (C=O) groups excluding carboxylic acids is 1. The lowest BCUT2D eigenvalue weighted by atomic mass is 10.3. The second kappa shape index (κ2) is 7.09. The van der Waals surface area contributed by atoms with Crippen LogP contribution in [0.25, 0.3) is 0 Å². The third kappa shape index (κ3) is 3.60. The lowest BCUT2D eigenvalue weighted by Crippen LogP contribution is -2.31. The van der Waals surface area contributed by atoms with Crippen molar-refractivity contribution < 1.29 is 9.21 Å². The van der Waals surface area contributed by atoms with Crippen LogP contribution in [0.2, 0.25) is 0 Å². The zero-order valence-corrected chi connectivity index (χ0v) is 12.3. The van der Waals surface area contributed by atoms with Gasteiger partial charge in [0.1, 0.15) is 0 Å². The van der Waals surface area contributed by atoms with Crippen molar-refractivity contribution in [1.29, 1.82) is 0 Å². The van der Waals surface area contributed by atoms with Crippen molar-refractivity contribution in [3.05, 3.63) is 24.2 Å². The summed E-state index contributed by atoms with van der Waals surface area (Å²) in [6.07, 6.45) is 2.38. The molecule has 2 rings (SSSR count). The molecular formula is C12H17N5O2S. The van der Waals surface area contributed by atoms with E-state index in [2.05, 4.69) is 15.5 Å². The maximum Gasteiger partial charge on any atom is 0.289 e. The van der Waals surface area contributed by atoms with Crippen LogP contribution in [0.3, 0.4) is 0 Å².